The van der Waals surface area contributed by atoms with Gasteiger partial charge in [-0.05, 0) is 25.3 Å². The molecular weight excluding hydrogens is 178 g/mol. The van der Waals surface area contributed by atoms with Gasteiger partial charge in [0.05, 0.1) is 0 Å². The second-order valence-corrected chi connectivity index (χ2v) is 4.22. The number of hydrogen-bond acceptors (Lipinski definition) is 2. The van der Waals surface area contributed by atoms with Gasteiger partial charge in [0, 0.05) is 18.8 Å². The van der Waals surface area contributed by atoms with E-state index in [-0.39, 0.29) is 0 Å². The van der Waals surface area contributed by atoms with E-state index in [9.17, 15) is 0 Å². The van der Waals surface area contributed by atoms with Crippen LogP contribution in [-0.2, 0) is 0 Å². The normalized spacial score (nSPS) is 24.6. The van der Waals surface area contributed by atoms with Crippen LogP contribution < -0.4 is 0 Å². The molecule has 0 aliphatic carbocycles. The minimum Gasteiger partial charge on any atom is -0.299 e. The van der Waals surface area contributed by atoms with E-state index in [2.05, 4.69) is 36.6 Å². The van der Waals surface area contributed by atoms with E-state index in [1.165, 1.54) is 32.4 Å². The van der Waals surface area contributed by atoms with Gasteiger partial charge in [-0.1, -0.05) is 25.5 Å². The Balaban J connectivity index is 2.13. The molecule has 2 heteroatoms. The first kappa shape index (κ1) is 11.1. The summed E-state index contributed by atoms with van der Waals surface area (Å²) in [5.74, 6) is 1.83. The Labute approximate surface area is 87.6 Å². The van der Waals surface area contributed by atoms with Gasteiger partial charge in [-0.2, -0.15) is 12.6 Å². The number of thiol groups is 1. The lowest BCUT2D eigenvalue weighted by atomic mass is 10.0. The summed E-state index contributed by atoms with van der Waals surface area (Å²) in [4.78, 5) is 2.54. The summed E-state index contributed by atoms with van der Waals surface area (Å²) in [6, 6.07) is 0. The number of likely N-dealkylation sites (tertiary alicyclic amines) is 1. The molecule has 0 radical (unpaired) electrons. The van der Waals surface area contributed by atoms with Crippen molar-refractivity contribution in [3.8, 4) is 0 Å². The van der Waals surface area contributed by atoms with E-state index < -0.39 is 0 Å². The van der Waals surface area contributed by atoms with Crippen molar-refractivity contribution in [2.75, 3.05) is 25.4 Å². The molecule has 1 fully saturated rings. The van der Waals surface area contributed by atoms with Crippen LogP contribution in [0, 0.1) is 5.92 Å². The summed E-state index contributed by atoms with van der Waals surface area (Å²) < 4.78 is 0. The summed E-state index contributed by atoms with van der Waals surface area (Å²) in [5.41, 5.74) is 0. The van der Waals surface area contributed by atoms with E-state index in [0.29, 0.717) is 0 Å². The standard InChI is InChI=1S/C11H21NS/c1-2-5-11-6-8-12(10-11)7-3-4-9-13/h3-4,11,13H,2,5-10H2,1H3/b4-3+. The summed E-state index contributed by atoms with van der Waals surface area (Å²) >= 11 is 4.14. The molecule has 1 aliphatic heterocycles. The first-order chi connectivity index (χ1) is 6.36. The maximum atomic E-state index is 4.14. The van der Waals surface area contributed by atoms with Crippen molar-refractivity contribution in [2.45, 2.75) is 26.2 Å². The van der Waals surface area contributed by atoms with Crippen molar-refractivity contribution in [1.29, 1.82) is 0 Å². The summed E-state index contributed by atoms with van der Waals surface area (Å²) in [6.45, 7) is 6.01. The monoisotopic (exact) mass is 199 g/mol. The summed E-state index contributed by atoms with van der Waals surface area (Å²) in [7, 11) is 0. The summed E-state index contributed by atoms with van der Waals surface area (Å²) in [6.07, 6.45) is 8.53. The molecule has 1 unspecified atom stereocenters. The van der Waals surface area contributed by atoms with Crippen LogP contribution in [-0.4, -0.2) is 30.3 Å². The third kappa shape index (κ3) is 4.19. The Morgan fingerprint density at radius 2 is 2.31 bits per heavy atom. The van der Waals surface area contributed by atoms with E-state index in [1.807, 2.05) is 0 Å². The molecule has 0 aromatic carbocycles. The van der Waals surface area contributed by atoms with Crippen molar-refractivity contribution < 1.29 is 0 Å². The first-order valence-electron chi connectivity index (χ1n) is 5.35. The van der Waals surface area contributed by atoms with Gasteiger partial charge in [0.2, 0.25) is 0 Å². The van der Waals surface area contributed by atoms with Crippen molar-refractivity contribution in [3.63, 3.8) is 0 Å². The highest BCUT2D eigenvalue weighted by atomic mass is 32.1. The smallest absolute Gasteiger partial charge is 0.0163 e. The molecule has 1 nitrogen and oxygen atoms in total. The number of hydrogen-bond donors (Lipinski definition) is 1. The van der Waals surface area contributed by atoms with Crippen molar-refractivity contribution in [2.24, 2.45) is 5.92 Å². The third-order valence-electron chi connectivity index (χ3n) is 2.70. The zero-order valence-corrected chi connectivity index (χ0v) is 9.47. The third-order valence-corrected chi connectivity index (χ3v) is 2.91. The molecule has 1 heterocycles. The van der Waals surface area contributed by atoms with Crippen molar-refractivity contribution >= 4 is 12.6 Å². The predicted octanol–water partition coefficient (Wildman–Crippen LogP) is 2.59. The van der Waals surface area contributed by atoms with Crippen LogP contribution in [0.2, 0.25) is 0 Å². The van der Waals surface area contributed by atoms with E-state index in [1.54, 1.807) is 0 Å². The quantitative estimate of drug-likeness (QED) is 0.526. The molecule has 0 aromatic heterocycles. The average Bonchev–Trinajstić information content (AvgIpc) is 2.54. The molecule has 0 amide bonds. The van der Waals surface area contributed by atoms with Gasteiger partial charge in [-0.3, -0.25) is 4.90 Å². The molecule has 1 rings (SSSR count). The molecule has 1 atom stereocenters. The summed E-state index contributed by atoms with van der Waals surface area (Å²) in [5, 5.41) is 0. The minimum absolute atomic E-state index is 0.867. The molecule has 0 N–H and O–H groups in total. The largest absolute Gasteiger partial charge is 0.299 e. The van der Waals surface area contributed by atoms with Crippen LogP contribution in [0.5, 0.6) is 0 Å². The van der Waals surface area contributed by atoms with E-state index >= 15 is 0 Å². The van der Waals surface area contributed by atoms with Crippen molar-refractivity contribution in [3.05, 3.63) is 12.2 Å². The molecule has 0 aromatic rings. The fourth-order valence-electron chi connectivity index (χ4n) is 2.02. The van der Waals surface area contributed by atoms with E-state index in [4.69, 9.17) is 0 Å². The SMILES string of the molecule is CCCC1CCN(C/C=C/CS)C1. The first-order valence-corrected chi connectivity index (χ1v) is 5.98. The highest BCUT2D eigenvalue weighted by Crippen LogP contribution is 2.20. The van der Waals surface area contributed by atoms with E-state index in [0.717, 1.165) is 18.2 Å². The minimum atomic E-state index is 0.867. The highest BCUT2D eigenvalue weighted by molar-refractivity contribution is 7.80. The Morgan fingerprint density at radius 3 is 3.00 bits per heavy atom. The maximum absolute atomic E-state index is 4.14. The maximum Gasteiger partial charge on any atom is 0.0163 e. The van der Waals surface area contributed by atoms with Gasteiger partial charge in [0.25, 0.3) is 0 Å². The molecule has 13 heavy (non-hydrogen) atoms. The zero-order valence-electron chi connectivity index (χ0n) is 8.58. The van der Waals surface area contributed by atoms with Gasteiger partial charge in [-0.25, -0.2) is 0 Å². The van der Waals surface area contributed by atoms with Crippen LogP contribution in [0.3, 0.4) is 0 Å². The van der Waals surface area contributed by atoms with Crippen LogP contribution in [0.1, 0.15) is 26.2 Å². The fraction of sp³-hybridized carbons (Fsp3) is 0.818. The second-order valence-electron chi connectivity index (χ2n) is 3.86. The Hall–Kier alpha value is 0.0500. The predicted molar refractivity (Wildman–Crippen MR) is 62.4 cm³/mol. The highest BCUT2D eigenvalue weighted by Gasteiger charge is 2.19. The van der Waals surface area contributed by atoms with Crippen LogP contribution in [0.25, 0.3) is 0 Å². The molecule has 0 bridgehead atoms. The van der Waals surface area contributed by atoms with Gasteiger partial charge in [-0.15, -0.1) is 0 Å². The van der Waals surface area contributed by atoms with Gasteiger partial charge in [0.15, 0.2) is 0 Å². The lowest BCUT2D eigenvalue weighted by Gasteiger charge is -2.12. The zero-order chi connectivity index (χ0) is 9.52. The Kier molecular flexibility index (Phi) is 5.56. The van der Waals surface area contributed by atoms with Crippen LogP contribution >= 0.6 is 12.6 Å². The Morgan fingerprint density at radius 1 is 1.46 bits per heavy atom. The van der Waals surface area contributed by atoms with Gasteiger partial charge in [0.1, 0.15) is 0 Å². The Bertz CT molecular complexity index is 156. The van der Waals surface area contributed by atoms with Crippen LogP contribution in [0.15, 0.2) is 12.2 Å². The van der Waals surface area contributed by atoms with Crippen molar-refractivity contribution in [1.82, 2.24) is 4.90 Å². The molecule has 1 saturated heterocycles. The lowest BCUT2D eigenvalue weighted by Crippen LogP contribution is -2.20. The molecule has 1 aliphatic rings. The lowest BCUT2D eigenvalue weighted by molar-refractivity contribution is 0.353. The number of rotatable bonds is 5. The van der Waals surface area contributed by atoms with Crippen LogP contribution in [0.4, 0.5) is 0 Å². The topological polar surface area (TPSA) is 3.24 Å². The molecular formula is C11H21NS. The number of nitrogens with zero attached hydrogens (tertiary/aromatic N) is 1. The average molecular weight is 199 g/mol. The van der Waals surface area contributed by atoms with Gasteiger partial charge >= 0.3 is 0 Å². The fourth-order valence-corrected chi connectivity index (χ4v) is 2.17. The molecule has 76 valence electrons. The second kappa shape index (κ2) is 6.50. The molecule has 0 spiro atoms. The van der Waals surface area contributed by atoms with Gasteiger partial charge < -0.3 is 0 Å². The molecule has 0 saturated carbocycles.